The van der Waals surface area contributed by atoms with Gasteiger partial charge in [-0.25, -0.2) is 0 Å². The zero-order valence-electron chi connectivity index (χ0n) is 8.74. The number of hydrogen-bond donors (Lipinski definition) is 2. The molecule has 0 saturated carbocycles. The molecule has 1 saturated heterocycles. The molecule has 0 radical (unpaired) electrons. The van der Waals surface area contributed by atoms with Crippen LogP contribution in [0, 0.1) is 0 Å². The molecule has 2 heterocycles. The van der Waals surface area contributed by atoms with Crippen molar-refractivity contribution in [3.63, 3.8) is 0 Å². The van der Waals surface area contributed by atoms with Crippen molar-refractivity contribution in [2.45, 2.75) is 37.3 Å². The van der Waals surface area contributed by atoms with Gasteiger partial charge < -0.3 is 10.4 Å². The summed E-state index contributed by atoms with van der Waals surface area (Å²) in [7, 11) is 1.98. The van der Waals surface area contributed by atoms with Crippen LogP contribution in [0.5, 0.6) is 0 Å². The molecule has 4 nitrogen and oxygen atoms in total. The van der Waals surface area contributed by atoms with E-state index in [9.17, 15) is 5.11 Å². The fourth-order valence-corrected chi connectivity index (χ4v) is 2.29. The van der Waals surface area contributed by atoms with Crippen molar-refractivity contribution >= 4 is 6.21 Å². The Morgan fingerprint density at radius 3 is 2.86 bits per heavy atom. The molecule has 0 aromatic carbocycles. The van der Waals surface area contributed by atoms with E-state index in [-0.39, 0.29) is 0 Å². The van der Waals surface area contributed by atoms with Gasteiger partial charge in [-0.05, 0) is 32.4 Å². The van der Waals surface area contributed by atoms with Crippen LogP contribution in [-0.2, 0) is 0 Å². The molecule has 1 unspecified atom stereocenters. The van der Waals surface area contributed by atoms with Gasteiger partial charge in [0.25, 0.3) is 0 Å². The Bertz CT molecular complexity index is 223. The fourth-order valence-electron chi connectivity index (χ4n) is 2.29. The molecule has 2 N–H and O–H groups in total. The minimum absolute atomic E-state index is 0.401. The zero-order valence-corrected chi connectivity index (χ0v) is 8.74. The second-order valence-electron chi connectivity index (χ2n) is 4.44. The van der Waals surface area contributed by atoms with Crippen LogP contribution in [0.3, 0.4) is 0 Å². The van der Waals surface area contributed by atoms with Gasteiger partial charge in [0.15, 0.2) is 0 Å². The lowest BCUT2D eigenvalue weighted by atomic mass is 9.85. The summed E-state index contributed by atoms with van der Waals surface area (Å²) in [5, 5.41) is 19.8. The minimum atomic E-state index is -0.460. The highest BCUT2D eigenvalue weighted by molar-refractivity contribution is 5.59. The molecule has 0 bridgehead atoms. The molecule has 0 aliphatic carbocycles. The number of piperidine rings is 1. The van der Waals surface area contributed by atoms with Crippen LogP contribution in [0.1, 0.15) is 25.7 Å². The SMILES string of the molecule is CN1N=CCC1CC1(O)CCNCC1. The average molecular weight is 197 g/mol. The lowest BCUT2D eigenvalue weighted by Crippen LogP contribution is -2.45. The van der Waals surface area contributed by atoms with Crippen molar-refractivity contribution in [3.05, 3.63) is 0 Å². The lowest BCUT2D eigenvalue weighted by Gasteiger charge is -2.36. The molecule has 1 fully saturated rings. The Hall–Kier alpha value is -0.610. The number of nitrogens with one attached hydrogen (secondary N) is 1. The molecule has 1 atom stereocenters. The van der Waals surface area contributed by atoms with Gasteiger partial charge in [0, 0.05) is 19.7 Å². The first-order chi connectivity index (χ1) is 6.70. The van der Waals surface area contributed by atoms with Gasteiger partial charge in [0.1, 0.15) is 0 Å². The maximum absolute atomic E-state index is 10.3. The maximum Gasteiger partial charge on any atom is 0.0692 e. The predicted octanol–water partition coefficient (Wildman–Crippen LogP) is 0.181. The van der Waals surface area contributed by atoms with Gasteiger partial charge in [0.05, 0.1) is 11.6 Å². The Kier molecular flexibility index (Phi) is 2.74. The van der Waals surface area contributed by atoms with Crippen molar-refractivity contribution in [1.82, 2.24) is 10.3 Å². The summed E-state index contributed by atoms with van der Waals surface area (Å²) >= 11 is 0. The van der Waals surface area contributed by atoms with Gasteiger partial charge >= 0.3 is 0 Å². The molecule has 0 spiro atoms. The highest BCUT2D eigenvalue weighted by atomic mass is 16.3. The number of hydrazone groups is 1. The lowest BCUT2D eigenvalue weighted by molar-refractivity contribution is -0.0157. The van der Waals surface area contributed by atoms with Crippen molar-refractivity contribution in [3.8, 4) is 0 Å². The number of nitrogens with zero attached hydrogens (tertiary/aromatic N) is 2. The molecule has 2 rings (SSSR count). The summed E-state index contributed by atoms with van der Waals surface area (Å²) in [5.41, 5.74) is -0.460. The van der Waals surface area contributed by atoms with Crippen LogP contribution in [0.4, 0.5) is 0 Å². The first-order valence-electron chi connectivity index (χ1n) is 5.38. The Balaban J connectivity index is 1.89. The number of rotatable bonds is 2. The van der Waals surface area contributed by atoms with E-state index < -0.39 is 5.60 Å². The first kappa shape index (κ1) is 9.93. The molecule has 14 heavy (non-hydrogen) atoms. The molecule has 2 aliphatic rings. The van der Waals surface area contributed by atoms with Gasteiger partial charge in [-0.15, -0.1) is 0 Å². The predicted molar refractivity (Wildman–Crippen MR) is 56.3 cm³/mol. The quantitative estimate of drug-likeness (QED) is 0.664. The summed E-state index contributed by atoms with van der Waals surface area (Å²) in [5.74, 6) is 0. The highest BCUT2D eigenvalue weighted by Gasteiger charge is 2.34. The Morgan fingerprint density at radius 1 is 1.57 bits per heavy atom. The van der Waals surface area contributed by atoms with Crippen molar-refractivity contribution in [2.75, 3.05) is 20.1 Å². The summed E-state index contributed by atoms with van der Waals surface area (Å²) < 4.78 is 0. The smallest absolute Gasteiger partial charge is 0.0692 e. The van der Waals surface area contributed by atoms with Crippen molar-refractivity contribution in [1.29, 1.82) is 0 Å². The van der Waals surface area contributed by atoms with Gasteiger partial charge in [-0.1, -0.05) is 0 Å². The van der Waals surface area contributed by atoms with Crippen LogP contribution in [0.2, 0.25) is 0 Å². The summed E-state index contributed by atoms with van der Waals surface area (Å²) in [6.45, 7) is 1.88. The molecular formula is C10H19N3O. The van der Waals surface area contributed by atoms with E-state index in [2.05, 4.69) is 10.4 Å². The van der Waals surface area contributed by atoms with Crippen LogP contribution in [0.25, 0.3) is 0 Å². The second kappa shape index (κ2) is 3.87. The molecule has 0 amide bonds. The van der Waals surface area contributed by atoms with Crippen LogP contribution in [0.15, 0.2) is 5.10 Å². The number of hydrogen-bond acceptors (Lipinski definition) is 4. The molecule has 0 aromatic heterocycles. The third-order valence-corrected chi connectivity index (χ3v) is 3.32. The fraction of sp³-hybridized carbons (Fsp3) is 0.900. The van der Waals surface area contributed by atoms with E-state index in [0.29, 0.717) is 6.04 Å². The summed E-state index contributed by atoms with van der Waals surface area (Å²) in [6.07, 6.45) is 5.52. The standard InChI is InChI=1S/C10H19N3O/c1-13-9(2-5-12-13)8-10(14)3-6-11-7-4-10/h5,9,11,14H,2-4,6-8H2,1H3. The van der Waals surface area contributed by atoms with Gasteiger partial charge in [0.2, 0.25) is 0 Å². The molecule has 4 heteroatoms. The maximum atomic E-state index is 10.3. The topological polar surface area (TPSA) is 47.9 Å². The van der Waals surface area contributed by atoms with Crippen LogP contribution < -0.4 is 5.32 Å². The molecule has 0 aromatic rings. The first-order valence-corrected chi connectivity index (χ1v) is 5.38. The van der Waals surface area contributed by atoms with Crippen molar-refractivity contribution < 1.29 is 5.11 Å². The largest absolute Gasteiger partial charge is 0.390 e. The van der Waals surface area contributed by atoms with E-state index in [4.69, 9.17) is 0 Å². The zero-order chi connectivity index (χ0) is 10.0. The highest BCUT2D eigenvalue weighted by Crippen LogP contribution is 2.27. The summed E-state index contributed by atoms with van der Waals surface area (Å²) in [4.78, 5) is 0. The second-order valence-corrected chi connectivity index (χ2v) is 4.44. The summed E-state index contributed by atoms with van der Waals surface area (Å²) in [6, 6.07) is 0.401. The van der Waals surface area contributed by atoms with Crippen molar-refractivity contribution in [2.24, 2.45) is 5.10 Å². The van der Waals surface area contributed by atoms with Gasteiger partial charge in [-0.3, -0.25) is 5.01 Å². The van der Waals surface area contributed by atoms with E-state index in [1.807, 2.05) is 18.3 Å². The average Bonchev–Trinajstić information content (AvgIpc) is 2.52. The Morgan fingerprint density at radius 2 is 2.29 bits per heavy atom. The van der Waals surface area contributed by atoms with Gasteiger partial charge in [-0.2, -0.15) is 5.10 Å². The van der Waals surface area contributed by atoms with Crippen LogP contribution >= 0.6 is 0 Å². The van der Waals surface area contributed by atoms with E-state index in [0.717, 1.165) is 38.8 Å². The Labute approximate surface area is 85.0 Å². The normalized spacial score (nSPS) is 31.0. The monoisotopic (exact) mass is 197 g/mol. The molecular weight excluding hydrogens is 178 g/mol. The van der Waals surface area contributed by atoms with E-state index >= 15 is 0 Å². The minimum Gasteiger partial charge on any atom is -0.390 e. The van der Waals surface area contributed by atoms with Crippen LogP contribution in [-0.4, -0.2) is 48.1 Å². The third-order valence-electron chi connectivity index (χ3n) is 3.32. The van der Waals surface area contributed by atoms with E-state index in [1.165, 1.54) is 0 Å². The number of aliphatic hydroxyl groups is 1. The third kappa shape index (κ3) is 2.07. The molecule has 80 valence electrons. The van der Waals surface area contributed by atoms with E-state index in [1.54, 1.807) is 0 Å². The molecule has 2 aliphatic heterocycles.